The van der Waals surface area contributed by atoms with Crippen molar-refractivity contribution in [3.8, 4) is 5.75 Å². The van der Waals surface area contributed by atoms with E-state index in [4.69, 9.17) is 10.5 Å². The number of anilines is 1. The van der Waals surface area contributed by atoms with E-state index >= 15 is 0 Å². The van der Waals surface area contributed by atoms with E-state index in [1.807, 2.05) is 31.2 Å². The van der Waals surface area contributed by atoms with Crippen LogP contribution in [0.25, 0.3) is 0 Å². The van der Waals surface area contributed by atoms with Crippen LogP contribution in [0, 0.1) is 0 Å². The summed E-state index contributed by atoms with van der Waals surface area (Å²) < 4.78 is 7.58. The number of carbonyl (C=O) groups is 1. The Morgan fingerprint density at radius 1 is 1.24 bits per heavy atom. The zero-order valence-electron chi connectivity index (χ0n) is 17.3. The highest BCUT2D eigenvalue weighted by molar-refractivity contribution is 7.99. The predicted octanol–water partition coefficient (Wildman–Crippen LogP) is 4.12. The van der Waals surface area contributed by atoms with E-state index in [-0.39, 0.29) is 0 Å². The number of unbranched alkanes of at least 4 members (excludes halogenated alkanes) is 3. The third-order valence-electron chi connectivity index (χ3n) is 4.83. The first-order valence-corrected chi connectivity index (χ1v) is 11.1. The van der Waals surface area contributed by atoms with Crippen LogP contribution in [0.4, 0.5) is 5.95 Å². The quantitative estimate of drug-likeness (QED) is 0.448. The maximum atomic E-state index is 12.2. The van der Waals surface area contributed by atoms with Crippen molar-refractivity contribution in [2.45, 2.75) is 57.7 Å². The van der Waals surface area contributed by atoms with Crippen LogP contribution in [0.3, 0.4) is 0 Å². The first-order valence-electron chi connectivity index (χ1n) is 10.1. The molecule has 0 fully saturated rings. The van der Waals surface area contributed by atoms with E-state index in [9.17, 15) is 4.79 Å². The number of nitrogens with one attached hydrogen (secondary N) is 1. The molecule has 8 heteroatoms. The van der Waals surface area contributed by atoms with Crippen molar-refractivity contribution in [2.75, 3.05) is 17.7 Å². The molecule has 3 N–H and O–H groups in total. The number of carbonyl (C=O) groups excluding carboxylic acids is 1. The van der Waals surface area contributed by atoms with E-state index in [2.05, 4.69) is 29.2 Å². The van der Waals surface area contributed by atoms with Gasteiger partial charge in [-0.15, -0.1) is 5.10 Å². The summed E-state index contributed by atoms with van der Waals surface area (Å²) in [5.41, 5.74) is 7.82. The molecule has 3 rings (SSSR count). The molecule has 156 valence electrons. The van der Waals surface area contributed by atoms with Crippen LogP contribution in [-0.4, -0.2) is 33.0 Å². The standard InChI is InChI=1S/C21H29N5O2S/c1-4-6-7-8-13-28-16-11-9-15(10-12-16)18-17(19(22)27)14(3)23-20-24-21(29-5-2)25-26(18)20/h9-12,18H,4-8,13H2,1-3H3,(H2,22,27)(H,23,24,25). The smallest absolute Gasteiger partial charge is 0.248 e. The predicted molar refractivity (Wildman–Crippen MR) is 116 cm³/mol. The molecule has 0 saturated carbocycles. The fraction of sp³-hybridized carbons (Fsp3) is 0.476. The van der Waals surface area contributed by atoms with Gasteiger partial charge in [0.1, 0.15) is 11.8 Å². The minimum Gasteiger partial charge on any atom is -0.494 e. The van der Waals surface area contributed by atoms with Gasteiger partial charge in [0.2, 0.25) is 17.0 Å². The number of hydrogen-bond donors (Lipinski definition) is 2. The molecule has 2 aromatic rings. The van der Waals surface area contributed by atoms with Gasteiger partial charge in [-0.25, -0.2) is 4.68 Å². The van der Waals surface area contributed by atoms with Crippen molar-refractivity contribution >= 4 is 23.6 Å². The molecule has 1 unspecified atom stereocenters. The van der Waals surface area contributed by atoms with Crippen molar-refractivity contribution in [1.82, 2.24) is 14.8 Å². The monoisotopic (exact) mass is 415 g/mol. The van der Waals surface area contributed by atoms with Crippen LogP contribution < -0.4 is 15.8 Å². The van der Waals surface area contributed by atoms with Crippen molar-refractivity contribution in [3.63, 3.8) is 0 Å². The summed E-state index contributed by atoms with van der Waals surface area (Å²) in [7, 11) is 0. The SMILES string of the molecule is CCCCCCOc1ccc(C2C(C(N)=O)=C(C)Nc3nc(SCC)nn32)cc1. The molecule has 0 saturated heterocycles. The maximum absolute atomic E-state index is 12.2. The van der Waals surface area contributed by atoms with Gasteiger partial charge in [0.15, 0.2) is 0 Å². The van der Waals surface area contributed by atoms with Crippen LogP contribution in [-0.2, 0) is 4.79 Å². The number of ether oxygens (including phenoxy) is 1. The molecule has 1 amide bonds. The molecular weight excluding hydrogens is 386 g/mol. The van der Waals surface area contributed by atoms with Crippen molar-refractivity contribution in [1.29, 1.82) is 0 Å². The molecule has 1 aliphatic heterocycles. The lowest BCUT2D eigenvalue weighted by Crippen LogP contribution is -2.31. The molecule has 0 bridgehead atoms. The second-order valence-electron chi connectivity index (χ2n) is 7.00. The minimum absolute atomic E-state index is 0.416. The Morgan fingerprint density at radius 2 is 2.00 bits per heavy atom. The van der Waals surface area contributed by atoms with E-state index in [0.717, 1.165) is 23.5 Å². The number of nitrogens with two attached hydrogens (primary N) is 1. The summed E-state index contributed by atoms with van der Waals surface area (Å²) in [5, 5.41) is 8.43. The van der Waals surface area contributed by atoms with Gasteiger partial charge in [-0.1, -0.05) is 57.0 Å². The van der Waals surface area contributed by atoms with Crippen LogP contribution in [0.2, 0.25) is 0 Å². The van der Waals surface area contributed by atoms with Crippen molar-refractivity contribution in [3.05, 3.63) is 41.1 Å². The fourth-order valence-corrected chi connectivity index (χ4v) is 3.97. The first-order chi connectivity index (χ1) is 14.0. The molecule has 1 aromatic heterocycles. The Hall–Kier alpha value is -2.48. The number of benzene rings is 1. The van der Waals surface area contributed by atoms with Gasteiger partial charge >= 0.3 is 0 Å². The molecule has 1 aliphatic rings. The summed E-state index contributed by atoms with van der Waals surface area (Å²) in [5.74, 6) is 1.83. The summed E-state index contributed by atoms with van der Waals surface area (Å²) in [6, 6.07) is 7.38. The average molecular weight is 416 g/mol. The summed E-state index contributed by atoms with van der Waals surface area (Å²) in [6.45, 7) is 6.80. The van der Waals surface area contributed by atoms with Crippen LogP contribution in [0.15, 0.2) is 40.7 Å². The molecule has 0 radical (unpaired) electrons. The largest absolute Gasteiger partial charge is 0.494 e. The van der Waals surface area contributed by atoms with Crippen LogP contribution in [0.5, 0.6) is 5.75 Å². The second-order valence-corrected chi connectivity index (χ2v) is 8.24. The number of rotatable bonds is 10. The lowest BCUT2D eigenvalue weighted by molar-refractivity contribution is -0.115. The third kappa shape index (κ3) is 4.93. The number of nitrogens with zero attached hydrogens (tertiary/aromatic N) is 3. The number of primary amides is 1. The fourth-order valence-electron chi connectivity index (χ4n) is 3.41. The third-order valence-corrected chi connectivity index (χ3v) is 5.55. The van der Waals surface area contributed by atoms with Gasteiger partial charge in [-0.2, -0.15) is 4.98 Å². The van der Waals surface area contributed by atoms with E-state index in [0.29, 0.717) is 29.0 Å². The Kier molecular flexibility index (Phi) is 7.19. The maximum Gasteiger partial charge on any atom is 0.248 e. The zero-order chi connectivity index (χ0) is 20.8. The average Bonchev–Trinajstić information content (AvgIpc) is 3.09. The van der Waals surface area contributed by atoms with Crippen molar-refractivity contribution in [2.24, 2.45) is 5.73 Å². The van der Waals surface area contributed by atoms with Gasteiger partial charge < -0.3 is 15.8 Å². The Balaban J connectivity index is 1.84. The highest BCUT2D eigenvalue weighted by Gasteiger charge is 2.33. The zero-order valence-corrected chi connectivity index (χ0v) is 18.1. The normalized spacial score (nSPS) is 15.8. The highest BCUT2D eigenvalue weighted by atomic mass is 32.2. The van der Waals surface area contributed by atoms with Gasteiger partial charge in [-0.3, -0.25) is 4.79 Å². The highest BCUT2D eigenvalue weighted by Crippen LogP contribution is 2.36. The number of aromatic nitrogens is 3. The molecular formula is C21H29N5O2S. The minimum atomic E-state index is -0.470. The molecule has 1 atom stereocenters. The summed E-state index contributed by atoms with van der Waals surface area (Å²) >= 11 is 1.56. The number of allylic oxidation sites excluding steroid dienone is 1. The summed E-state index contributed by atoms with van der Waals surface area (Å²) in [6.07, 6.45) is 4.68. The topological polar surface area (TPSA) is 95.1 Å². The van der Waals surface area contributed by atoms with E-state index < -0.39 is 11.9 Å². The number of hydrogen-bond acceptors (Lipinski definition) is 6. The second kappa shape index (κ2) is 9.82. The molecule has 2 heterocycles. The van der Waals surface area contributed by atoms with Crippen LogP contribution in [0.1, 0.15) is 58.1 Å². The molecule has 29 heavy (non-hydrogen) atoms. The van der Waals surface area contributed by atoms with Crippen molar-refractivity contribution < 1.29 is 9.53 Å². The molecule has 7 nitrogen and oxygen atoms in total. The van der Waals surface area contributed by atoms with Gasteiger partial charge in [0, 0.05) is 5.70 Å². The van der Waals surface area contributed by atoms with Crippen LogP contribution >= 0.6 is 11.8 Å². The Labute approximate surface area is 176 Å². The Bertz CT molecular complexity index is 876. The van der Waals surface area contributed by atoms with E-state index in [1.54, 1.807) is 16.4 Å². The Morgan fingerprint density at radius 3 is 2.66 bits per heavy atom. The molecule has 1 aromatic carbocycles. The number of thioether (sulfide) groups is 1. The molecule has 0 aliphatic carbocycles. The summed E-state index contributed by atoms with van der Waals surface area (Å²) in [4.78, 5) is 16.8. The van der Waals surface area contributed by atoms with Gasteiger partial charge in [-0.05, 0) is 36.8 Å². The molecule has 0 spiro atoms. The van der Waals surface area contributed by atoms with E-state index in [1.165, 1.54) is 19.3 Å². The number of amides is 1. The van der Waals surface area contributed by atoms with Gasteiger partial charge in [0.25, 0.3) is 0 Å². The number of fused-ring (bicyclic) bond motifs is 1. The lowest BCUT2D eigenvalue weighted by Gasteiger charge is -2.27. The van der Waals surface area contributed by atoms with Gasteiger partial charge in [0.05, 0.1) is 12.2 Å². The lowest BCUT2D eigenvalue weighted by atomic mass is 9.95. The first kappa shape index (κ1) is 21.2.